The van der Waals surface area contributed by atoms with Crippen LogP contribution in [0.15, 0.2) is 33.4 Å². The number of likely N-dealkylation sites (tertiary alicyclic amines) is 1. The molecule has 3 rings (SSSR count). The molecule has 7 heteroatoms. The summed E-state index contributed by atoms with van der Waals surface area (Å²) in [7, 11) is 0. The fraction of sp³-hybridized carbons (Fsp3) is 0.357. The molecule has 0 unspecified atom stereocenters. The van der Waals surface area contributed by atoms with E-state index in [1.165, 1.54) is 12.3 Å². The van der Waals surface area contributed by atoms with Crippen molar-refractivity contribution in [2.45, 2.75) is 12.8 Å². The summed E-state index contributed by atoms with van der Waals surface area (Å²) >= 11 is 0. The second-order valence-electron chi connectivity index (χ2n) is 4.96. The van der Waals surface area contributed by atoms with Crippen LogP contribution in [0.3, 0.4) is 0 Å². The third kappa shape index (κ3) is 2.67. The maximum atomic E-state index is 12.3. The molecule has 2 aromatic heterocycles. The molecule has 2 aromatic rings. The van der Waals surface area contributed by atoms with E-state index in [4.69, 9.17) is 14.0 Å². The van der Waals surface area contributed by atoms with Gasteiger partial charge in [-0.2, -0.15) is 0 Å². The number of carbonyl (C=O) groups excluding carboxylic acids is 1. The first kappa shape index (κ1) is 13.4. The minimum atomic E-state index is -0.802. The van der Waals surface area contributed by atoms with Gasteiger partial charge in [-0.15, -0.1) is 0 Å². The fourth-order valence-electron chi connectivity index (χ4n) is 2.40. The quantitative estimate of drug-likeness (QED) is 0.926. The SMILES string of the molecule is O=C(O)C1CCN(C(=O)c2cc(-c3ccco3)on2)CC1. The van der Waals surface area contributed by atoms with Gasteiger partial charge in [-0.25, -0.2) is 0 Å². The van der Waals surface area contributed by atoms with E-state index in [-0.39, 0.29) is 17.5 Å². The summed E-state index contributed by atoms with van der Waals surface area (Å²) in [4.78, 5) is 24.8. The molecule has 1 amide bonds. The summed E-state index contributed by atoms with van der Waals surface area (Å²) in [6, 6.07) is 4.97. The molecular weight excluding hydrogens is 276 g/mol. The molecule has 3 heterocycles. The number of aliphatic carboxylic acids is 1. The summed E-state index contributed by atoms with van der Waals surface area (Å²) in [6.07, 6.45) is 2.43. The minimum Gasteiger partial charge on any atom is -0.481 e. The fourth-order valence-corrected chi connectivity index (χ4v) is 2.40. The van der Waals surface area contributed by atoms with Crippen molar-refractivity contribution in [2.24, 2.45) is 5.92 Å². The molecule has 0 saturated carbocycles. The van der Waals surface area contributed by atoms with Gasteiger partial charge in [0.05, 0.1) is 12.2 Å². The van der Waals surface area contributed by atoms with Crippen molar-refractivity contribution in [3.8, 4) is 11.5 Å². The molecule has 1 N–H and O–H groups in total. The minimum absolute atomic E-state index is 0.204. The van der Waals surface area contributed by atoms with Gasteiger partial charge in [0.2, 0.25) is 5.76 Å². The van der Waals surface area contributed by atoms with E-state index >= 15 is 0 Å². The van der Waals surface area contributed by atoms with Gasteiger partial charge in [0.15, 0.2) is 11.5 Å². The Labute approximate surface area is 120 Å². The Morgan fingerprint density at radius 2 is 2.05 bits per heavy atom. The topological polar surface area (TPSA) is 96.8 Å². The van der Waals surface area contributed by atoms with Gasteiger partial charge in [-0.05, 0) is 25.0 Å². The normalized spacial score (nSPS) is 16.1. The number of aromatic nitrogens is 1. The molecule has 0 aromatic carbocycles. The monoisotopic (exact) mass is 290 g/mol. The van der Waals surface area contributed by atoms with E-state index in [9.17, 15) is 9.59 Å². The highest BCUT2D eigenvalue weighted by atomic mass is 16.5. The number of hydrogen-bond donors (Lipinski definition) is 1. The number of nitrogens with zero attached hydrogens (tertiary/aromatic N) is 2. The van der Waals surface area contributed by atoms with Gasteiger partial charge in [0, 0.05) is 19.2 Å². The Hall–Kier alpha value is -2.57. The number of carboxylic acid groups (broad SMARTS) is 1. The first-order valence-corrected chi connectivity index (χ1v) is 6.68. The number of carbonyl (C=O) groups is 2. The first-order valence-electron chi connectivity index (χ1n) is 6.68. The number of amides is 1. The predicted molar refractivity (Wildman–Crippen MR) is 70.5 cm³/mol. The van der Waals surface area contributed by atoms with Crippen molar-refractivity contribution in [2.75, 3.05) is 13.1 Å². The number of furan rings is 1. The largest absolute Gasteiger partial charge is 0.481 e. The Morgan fingerprint density at radius 3 is 2.67 bits per heavy atom. The lowest BCUT2D eigenvalue weighted by Crippen LogP contribution is -2.40. The highest BCUT2D eigenvalue weighted by molar-refractivity contribution is 5.93. The van der Waals surface area contributed by atoms with Crippen LogP contribution in [0.4, 0.5) is 0 Å². The maximum absolute atomic E-state index is 12.3. The molecule has 1 aliphatic rings. The van der Waals surface area contributed by atoms with Crippen LogP contribution in [0, 0.1) is 5.92 Å². The van der Waals surface area contributed by atoms with Crippen LogP contribution in [0.2, 0.25) is 0 Å². The molecule has 110 valence electrons. The van der Waals surface area contributed by atoms with Crippen molar-refractivity contribution in [3.05, 3.63) is 30.2 Å². The van der Waals surface area contributed by atoms with Gasteiger partial charge < -0.3 is 18.9 Å². The molecular formula is C14H14N2O5. The number of carboxylic acids is 1. The Kier molecular flexibility index (Phi) is 3.47. The predicted octanol–water partition coefficient (Wildman–Crippen LogP) is 1.87. The van der Waals surface area contributed by atoms with Crippen LogP contribution in [0.25, 0.3) is 11.5 Å². The zero-order valence-corrected chi connectivity index (χ0v) is 11.2. The lowest BCUT2D eigenvalue weighted by atomic mass is 9.97. The molecule has 0 atom stereocenters. The lowest BCUT2D eigenvalue weighted by Gasteiger charge is -2.29. The Balaban J connectivity index is 1.68. The van der Waals surface area contributed by atoms with E-state index in [0.29, 0.717) is 37.5 Å². The van der Waals surface area contributed by atoms with E-state index in [2.05, 4.69) is 5.16 Å². The third-order valence-corrected chi connectivity index (χ3v) is 3.62. The van der Waals surface area contributed by atoms with E-state index in [0.717, 1.165) is 0 Å². The van der Waals surface area contributed by atoms with Crippen LogP contribution >= 0.6 is 0 Å². The zero-order valence-electron chi connectivity index (χ0n) is 11.2. The molecule has 1 aliphatic heterocycles. The van der Waals surface area contributed by atoms with Crippen molar-refractivity contribution in [1.82, 2.24) is 10.1 Å². The average molecular weight is 290 g/mol. The summed E-state index contributed by atoms with van der Waals surface area (Å²) < 4.78 is 10.3. The van der Waals surface area contributed by atoms with Gasteiger partial charge in [-0.3, -0.25) is 9.59 Å². The lowest BCUT2D eigenvalue weighted by molar-refractivity contribution is -0.143. The summed E-state index contributed by atoms with van der Waals surface area (Å²) in [5, 5.41) is 12.7. The van der Waals surface area contributed by atoms with Crippen LogP contribution < -0.4 is 0 Å². The molecule has 0 bridgehead atoms. The van der Waals surface area contributed by atoms with E-state index < -0.39 is 5.97 Å². The van der Waals surface area contributed by atoms with Gasteiger partial charge in [0.25, 0.3) is 5.91 Å². The number of rotatable bonds is 3. The summed E-state index contributed by atoms with van der Waals surface area (Å²) in [5.74, 6) is -0.524. The van der Waals surface area contributed by atoms with Crippen LogP contribution in [0.1, 0.15) is 23.3 Å². The summed E-state index contributed by atoms with van der Waals surface area (Å²) in [5.41, 5.74) is 0.204. The van der Waals surface area contributed by atoms with Gasteiger partial charge in [-0.1, -0.05) is 5.16 Å². The molecule has 7 nitrogen and oxygen atoms in total. The van der Waals surface area contributed by atoms with E-state index in [1.807, 2.05) is 0 Å². The number of hydrogen-bond acceptors (Lipinski definition) is 5. The van der Waals surface area contributed by atoms with Crippen LogP contribution in [-0.2, 0) is 4.79 Å². The Morgan fingerprint density at radius 1 is 1.29 bits per heavy atom. The van der Waals surface area contributed by atoms with E-state index in [1.54, 1.807) is 17.0 Å². The Bertz CT molecular complexity index is 638. The van der Waals surface area contributed by atoms with Crippen LogP contribution in [-0.4, -0.2) is 40.1 Å². The molecule has 1 fully saturated rings. The average Bonchev–Trinajstić information content (AvgIpc) is 3.17. The first-order chi connectivity index (χ1) is 10.1. The van der Waals surface area contributed by atoms with Gasteiger partial charge in [0.1, 0.15) is 0 Å². The van der Waals surface area contributed by atoms with Crippen molar-refractivity contribution < 1.29 is 23.6 Å². The zero-order chi connectivity index (χ0) is 14.8. The molecule has 0 radical (unpaired) electrons. The third-order valence-electron chi connectivity index (χ3n) is 3.62. The highest BCUT2D eigenvalue weighted by Crippen LogP contribution is 2.23. The van der Waals surface area contributed by atoms with Crippen LogP contribution in [0.5, 0.6) is 0 Å². The molecule has 0 spiro atoms. The molecule has 0 aliphatic carbocycles. The van der Waals surface area contributed by atoms with Crippen molar-refractivity contribution in [1.29, 1.82) is 0 Å². The van der Waals surface area contributed by atoms with Crippen molar-refractivity contribution >= 4 is 11.9 Å². The van der Waals surface area contributed by atoms with Gasteiger partial charge >= 0.3 is 5.97 Å². The second-order valence-corrected chi connectivity index (χ2v) is 4.96. The maximum Gasteiger partial charge on any atom is 0.306 e. The standard InChI is InChI=1S/C14H14N2O5/c17-13(16-5-3-9(4-6-16)14(18)19)10-8-12(21-15-10)11-2-1-7-20-11/h1-2,7-9H,3-6H2,(H,18,19). The smallest absolute Gasteiger partial charge is 0.306 e. The highest BCUT2D eigenvalue weighted by Gasteiger charge is 2.29. The molecule has 1 saturated heterocycles. The number of piperidine rings is 1. The molecule has 21 heavy (non-hydrogen) atoms. The summed E-state index contributed by atoms with van der Waals surface area (Å²) in [6.45, 7) is 0.831. The van der Waals surface area contributed by atoms with Crippen molar-refractivity contribution in [3.63, 3.8) is 0 Å². The second kappa shape index (κ2) is 5.43.